The molecule has 0 aliphatic carbocycles. The van der Waals surface area contributed by atoms with Gasteiger partial charge in [0.15, 0.2) is 0 Å². The van der Waals surface area contributed by atoms with Gasteiger partial charge in [-0.15, -0.1) is 0 Å². The van der Waals surface area contributed by atoms with Gasteiger partial charge in [-0.25, -0.2) is 0 Å². The minimum absolute atomic E-state index is 0.592. The number of H-pyrrole nitrogens is 1. The maximum Gasteiger partial charge on any atom is 0.130 e. The average molecular weight is 351 g/mol. The maximum absolute atomic E-state index is 5.97. The number of benzene rings is 1. The van der Waals surface area contributed by atoms with E-state index in [1.165, 1.54) is 30.3 Å². The molecule has 0 radical (unpaired) electrons. The number of hydrogen-bond acceptors (Lipinski definition) is 4. The van der Waals surface area contributed by atoms with E-state index in [-0.39, 0.29) is 0 Å². The van der Waals surface area contributed by atoms with Gasteiger partial charge in [0, 0.05) is 49.2 Å². The summed E-state index contributed by atoms with van der Waals surface area (Å²) in [6, 6.07) is 10.6. The third-order valence-corrected chi connectivity index (χ3v) is 5.16. The van der Waals surface area contributed by atoms with Gasteiger partial charge in [0.2, 0.25) is 0 Å². The Labute approximate surface area is 153 Å². The fourth-order valence-corrected chi connectivity index (χ4v) is 3.82. The van der Waals surface area contributed by atoms with Crippen LogP contribution in [0.1, 0.15) is 18.4 Å². The van der Waals surface area contributed by atoms with Gasteiger partial charge in [-0.2, -0.15) is 0 Å². The number of pyridine rings is 1. The summed E-state index contributed by atoms with van der Waals surface area (Å²) in [5, 5.41) is 1.25. The number of hydrogen-bond donors (Lipinski definition) is 1. The Kier molecular flexibility index (Phi) is 5.18. The lowest BCUT2D eigenvalue weighted by molar-refractivity contribution is 0.141. The zero-order valence-corrected chi connectivity index (χ0v) is 15.1. The molecule has 1 fully saturated rings. The molecular weight excluding hydrogens is 326 g/mol. The van der Waals surface area contributed by atoms with Gasteiger partial charge in [0.05, 0.1) is 6.61 Å². The van der Waals surface area contributed by atoms with E-state index in [9.17, 15) is 0 Å². The lowest BCUT2D eigenvalue weighted by Crippen LogP contribution is -2.33. The summed E-state index contributed by atoms with van der Waals surface area (Å²) in [7, 11) is 1.77. The van der Waals surface area contributed by atoms with Crippen LogP contribution in [0.5, 0.6) is 11.5 Å². The number of aromatic amines is 1. The standard InChI is InChI=1S/C21H25N3O2/c1-25-12-11-24-10-2-3-17(24)13-16-15-23-21-5-4-19(14-20(16)21)26-18-6-8-22-9-7-18/h4-9,14-15,17,23H,2-3,10-13H2,1H3. The van der Waals surface area contributed by atoms with E-state index in [2.05, 4.69) is 33.2 Å². The Morgan fingerprint density at radius 2 is 2.08 bits per heavy atom. The number of methoxy groups -OCH3 is 1. The molecule has 3 heterocycles. The van der Waals surface area contributed by atoms with E-state index in [0.717, 1.165) is 36.6 Å². The van der Waals surface area contributed by atoms with E-state index < -0.39 is 0 Å². The van der Waals surface area contributed by atoms with Crippen molar-refractivity contribution in [2.24, 2.45) is 0 Å². The van der Waals surface area contributed by atoms with Gasteiger partial charge in [0.25, 0.3) is 0 Å². The molecule has 1 N–H and O–H groups in total. The molecule has 2 aromatic heterocycles. The zero-order chi connectivity index (χ0) is 17.8. The zero-order valence-electron chi connectivity index (χ0n) is 15.1. The summed E-state index contributed by atoms with van der Waals surface area (Å²) in [6.45, 7) is 2.99. The van der Waals surface area contributed by atoms with Crippen LogP contribution < -0.4 is 4.74 Å². The molecule has 0 bridgehead atoms. The Morgan fingerprint density at radius 3 is 2.92 bits per heavy atom. The third-order valence-electron chi connectivity index (χ3n) is 5.16. The van der Waals surface area contributed by atoms with Crippen LogP contribution in [0, 0.1) is 0 Å². The number of nitrogens with one attached hydrogen (secondary N) is 1. The van der Waals surface area contributed by atoms with E-state index in [1.54, 1.807) is 19.5 Å². The van der Waals surface area contributed by atoms with Gasteiger partial charge >= 0.3 is 0 Å². The summed E-state index contributed by atoms with van der Waals surface area (Å²) in [5.41, 5.74) is 2.51. The molecule has 4 rings (SSSR count). The SMILES string of the molecule is COCCN1CCCC1Cc1c[nH]c2ccc(Oc3ccncc3)cc12. The van der Waals surface area contributed by atoms with Crippen molar-refractivity contribution in [3.05, 3.63) is 54.5 Å². The summed E-state index contributed by atoms with van der Waals surface area (Å²) >= 11 is 0. The van der Waals surface area contributed by atoms with Crippen molar-refractivity contribution >= 4 is 10.9 Å². The topological polar surface area (TPSA) is 50.4 Å². The lowest BCUT2D eigenvalue weighted by Gasteiger charge is -2.23. The first kappa shape index (κ1) is 17.1. The fraction of sp³-hybridized carbons (Fsp3) is 0.381. The second-order valence-corrected chi connectivity index (χ2v) is 6.84. The van der Waals surface area contributed by atoms with Crippen LogP contribution in [-0.2, 0) is 11.2 Å². The predicted octanol–water partition coefficient (Wildman–Crippen LogP) is 4.01. The van der Waals surface area contributed by atoms with Crippen LogP contribution in [-0.4, -0.2) is 47.7 Å². The maximum atomic E-state index is 5.97. The van der Waals surface area contributed by atoms with Gasteiger partial charge in [-0.1, -0.05) is 0 Å². The van der Waals surface area contributed by atoms with Crippen LogP contribution in [0.25, 0.3) is 10.9 Å². The molecule has 26 heavy (non-hydrogen) atoms. The van der Waals surface area contributed by atoms with Crippen LogP contribution in [0.15, 0.2) is 48.9 Å². The van der Waals surface area contributed by atoms with Crippen LogP contribution in [0.4, 0.5) is 0 Å². The van der Waals surface area contributed by atoms with E-state index in [0.29, 0.717) is 6.04 Å². The first-order chi connectivity index (χ1) is 12.8. The fourth-order valence-electron chi connectivity index (χ4n) is 3.82. The summed E-state index contributed by atoms with van der Waals surface area (Å²) in [6.07, 6.45) is 9.21. The molecule has 1 aromatic carbocycles. The monoisotopic (exact) mass is 351 g/mol. The molecule has 1 aliphatic heterocycles. The molecule has 5 nitrogen and oxygen atoms in total. The van der Waals surface area contributed by atoms with E-state index in [1.807, 2.05) is 18.2 Å². The normalized spacial score (nSPS) is 17.8. The number of rotatable bonds is 7. The van der Waals surface area contributed by atoms with Crippen molar-refractivity contribution in [3.63, 3.8) is 0 Å². The number of aromatic nitrogens is 2. The molecule has 1 atom stereocenters. The summed E-state index contributed by atoms with van der Waals surface area (Å²) in [4.78, 5) is 9.99. The van der Waals surface area contributed by atoms with Gasteiger partial charge in [0.1, 0.15) is 11.5 Å². The molecule has 1 saturated heterocycles. The quantitative estimate of drug-likeness (QED) is 0.699. The molecular formula is C21H25N3O2. The minimum atomic E-state index is 0.592. The second kappa shape index (κ2) is 7.89. The highest BCUT2D eigenvalue weighted by Crippen LogP contribution is 2.29. The lowest BCUT2D eigenvalue weighted by atomic mass is 10.0. The second-order valence-electron chi connectivity index (χ2n) is 6.84. The molecule has 1 aliphatic rings. The Morgan fingerprint density at radius 1 is 1.19 bits per heavy atom. The highest BCUT2D eigenvalue weighted by Gasteiger charge is 2.25. The molecule has 0 amide bonds. The number of nitrogens with zero attached hydrogens (tertiary/aromatic N) is 2. The number of fused-ring (bicyclic) bond motifs is 1. The largest absolute Gasteiger partial charge is 0.457 e. The van der Waals surface area contributed by atoms with E-state index in [4.69, 9.17) is 9.47 Å². The van der Waals surface area contributed by atoms with Crippen molar-refractivity contribution in [2.75, 3.05) is 26.8 Å². The summed E-state index contributed by atoms with van der Waals surface area (Å²) < 4.78 is 11.2. The van der Waals surface area contributed by atoms with E-state index >= 15 is 0 Å². The predicted molar refractivity (Wildman–Crippen MR) is 103 cm³/mol. The first-order valence-electron chi connectivity index (χ1n) is 9.24. The van der Waals surface area contributed by atoms with Gasteiger partial charge in [-0.3, -0.25) is 9.88 Å². The van der Waals surface area contributed by atoms with Crippen molar-refractivity contribution < 1.29 is 9.47 Å². The van der Waals surface area contributed by atoms with Gasteiger partial charge < -0.3 is 14.5 Å². The first-order valence-corrected chi connectivity index (χ1v) is 9.24. The van der Waals surface area contributed by atoms with Gasteiger partial charge in [-0.05, 0) is 61.7 Å². The molecule has 0 spiro atoms. The average Bonchev–Trinajstić information content (AvgIpc) is 3.28. The highest BCUT2D eigenvalue weighted by molar-refractivity contribution is 5.84. The minimum Gasteiger partial charge on any atom is -0.457 e. The molecule has 136 valence electrons. The Bertz CT molecular complexity index is 847. The smallest absolute Gasteiger partial charge is 0.130 e. The van der Waals surface area contributed by atoms with Crippen LogP contribution in [0.3, 0.4) is 0 Å². The third kappa shape index (κ3) is 3.74. The highest BCUT2D eigenvalue weighted by atomic mass is 16.5. The van der Waals surface area contributed by atoms with Crippen LogP contribution >= 0.6 is 0 Å². The molecule has 0 saturated carbocycles. The van der Waals surface area contributed by atoms with Crippen molar-refractivity contribution in [1.82, 2.24) is 14.9 Å². The molecule has 3 aromatic rings. The number of likely N-dealkylation sites (tertiary alicyclic amines) is 1. The van der Waals surface area contributed by atoms with Crippen LogP contribution in [0.2, 0.25) is 0 Å². The number of ether oxygens (including phenoxy) is 2. The molecule has 1 unspecified atom stereocenters. The Hall–Kier alpha value is -2.37. The Balaban J connectivity index is 1.53. The molecule has 5 heteroatoms. The van der Waals surface area contributed by atoms with Crippen molar-refractivity contribution in [3.8, 4) is 11.5 Å². The van der Waals surface area contributed by atoms with Crippen molar-refractivity contribution in [2.45, 2.75) is 25.3 Å². The van der Waals surface area contributed by atoms with Crippen molar-refractivity contribution in [1.29, 1.82) is 0 Å². The summed E-state index contributed by atoms with van der Waals surface area (Å²) in [5.74, 6) is 1.66.